The Morgan fingerprint density at radius 3 is 3.14 bits per heavy atom. The lowest BCUT2D eigenvalue weighted by molar-refractivity contribution is -0.127. The van der Waals surface area contributed by atoms with Crippen molar-refractivity contribution in [3.05, 3.63) is 23.8 Å². The van der Waals surface area contributed by atoms with E-state index in [2.05, 4.69) is 6.92 Å². The van der Waals surface area contributed by atoms with Crippen LogP contribution in [0.2, 0.25) is 0 Å². The van der Waals surface area contributed by atoms with Gasteiger partial charge >= 0.3 is 0 Å². The summed E-state index contributed by atoms with van der Waals surface area (Å²) >= 11 is 0. The molecule has 2 unspecified atom stereocenters. The highest BCUT2D eigenvalue weighted by Gasteiger charge is 2.33. The Kier molecular flexibility index (Phi) is 4.15. The molecule has 1 N–H and O–H groups in total. The molecule has 2 atom stereocenters. The van der Waals surface area contributed by atoms with Crippen LogP contribution in [0.4, 0.5) is 5.69 Å². The van der Waals surface area contributed by atoms with E-state index in [-0.39, 0.29) is 23.7 Å². The highest BCUT2D eigenvalue weighted by molar-refractivity contribution is 5.97. The van der Waals surface area contributed by atoms with E-state index in [4.69, 9.17) is 4.74 Å². The zero-order valence-corrected chi connectivity index (χ0v) is 12.5. The molecule has 2 aliphatic heterocycles. The minimum absolute atomic E-state index is 0.0225. The second-order valence-electron chi connectivity index (χ2n) is 6.00. The van der Waals surface area contributed by atoms with Crippen LogP contribution in [-0.2, 0) is 16.0 Å². The van der Waals surface area contributed by atoms with Gasteiger partial charge in [-0.3, -0.25) is 4.79 Å². The van der Waals surface area contributed by atoms with E-state index in [0.717, 1.165) is 43.4 Å². The number of carbonyl (C=O) groups excluding carboxylic acids is 1. The average molecular weight is 289 g/mol. The van der Waals surface area contributed by atoms with Crippen molar-refractivity contribution in [1.82, 2.24) is 0 Å². The van der Waals surface area contributed by atoms with Gasteiger partial charge in [-0.1, -0.05) is 19.1 Å². The zero-order valence-electron chi connectivity index (χ0n) is 12.5. The number of rotatable bonds is 2. The lowest BCUT2D eigenvalue weighted by atomic mass is 9.91. The molecular weight excluding hydrogens is 266 g/mol. The van der Waals surface area contributed by atoms with E-state index in [9.17, 15) is 9.90 Å². The molecule has 0 aliphatic carbocycles. The summed E-state index contributed by atoms with van der Waals surface area (Å²) in [7, 11) is 0. The molecule has 2 heterocycles. The quantitative estimate of drug-likeness (QED) is 0.910. The van der Waals surface area contributed by atoms with Gasteiger partial charge in [-0.15, -0.1) is 0 Å². The topological polar surface area (TPSA) is 49.8 Å². The number of phenols is 1. The van der Waals surface area contributed by atoms with Crippen LogP contribution in [0.15, 0.2) is 18.2 Å². The SMILES string of the molecule is CCC1CC(C(=O)N2CCCc3cccc(O)c32)CCO1. The number of fused-ring (bicyclic) bond motifs is 1. The monoisotopic (exact) mass is 289 g/mol. The number of anilines is 1. The molecule has 3 rings (SSSR count). The number of benzene rings is 1. The molecule has 1 aromatic carbocycles. The fourth-order valence-corrected chi connectivity index (χ4v) is 3.46. The maximum Gasteiger partial charge on any atom is 0.230 e. The zero-order chi connectivity index (χ0) is 14.8. The number of amides is 1. The third-order valence-corrected chi connectivity index (χ3v) is 4.63. The first-order valence-corrected chi connectivity index (χ1v) is 7.94. The van der Waals surface area contributed by atoms with Crippen molar-refractivity contribution in [2.75, 3.05) is 18.1 Å². The summed E-state index contributed by atoms with van der Waals surface area (Å²) < 4.78 is 5.67. The Balaban J connectivity index is 1.83. The first kappa shape index (κ1) is 14.4. The second-order valence-corrected chi connectivity index (χ2v) is 6.00. The minimum Gasteiger partial charge on any atom is -0.506 e. The third kappa shape index (κ3) is 2.77. The molecule has 1 aromatic rings. The summed E-state index contributed by atoms with van der Waals surface area (Å²) in [6, 6.07) is 5.53. The number of nitrogens with zero attached hydrogens (tertiary/aromatic N) is 1. The third-order valence-electron chi connectivity index (χ3n) is 4.63. The molecule has 0 saturated carbocycles. The van der Waals surface area contributed by atoms with Gasteiger partial charge in [-0.25, -0.2) is 0 Å². The summed E-state index contributed by atoms with van der Waals surface area (Å²) in [6.45, 7) is 3.47. The second kappa shape index (κ2) is 6.06. The molecule has 0 bridgehead atoms. The Morgan fingerprint density at radius 2 is 2.33 bits per heavy atom. The van der Waals surface area contributed by atoms with Gasteiger partial charge in [0, 0.05) is 19.1 Å². The Hall–Kier alpha value is -1.55. The highest BCUT2D eigenvalue weighted by atomic mass is 16.5. The van der Waals surface area contributed by atoms with Crippen LogP contribution in [-0.4, -0.2) is 30.3 Å². The van der Waals surface area contributed by atoms with E-state index in [1.165, 1.54) is 0 Å². The smallest absolute Gasteiger partial charge is 0.230 e. The van der Waals surface area contributed by atoms with Gasteiger partial charge in [-0.2, -0.15) is 0 Å². The molecule has 0 radical (unpaired) electrons. The number of aryl methyl sites for hydroxylation is 1. The van der Waals surface area contributed by atoms with Gasteiger partial charge in [0.25, 0.3) is 0 Å². The van der Waals surface area contributed by atoms with Crippen LogP contribution in [0.5, 0.6) is 5.75 Å². The lowest BCUT2D eigenvalue weighted by Crippen LogP contribution is -2.42. The van der Waals surface area contributed by atoms with Crippen LogP contribution in [0, 0.1) is 5.92 Å². The van der Waals surface area contributed by atoms with Crippen LogP contribution < -0.4 is 4.90 Å². The number of para-hydroxylation sites is 1. The van der Waals surface area contributed by atoms with Gasteiger partial charge in [0.1, 0.15) is 5.75 Å². The van der Waals surface area contributed by atoms with Gasteiger partial charge in [0.05, 0.1) is 11.8 Å². The van der Waals surface area contributed by atoms with E-state index < -0.39 is 0 Å². The summed E-state index contributed by atoms with van der Waals surface area (Å²) in [5, 5.41) is 10.2. The Morgan fingerprint density at radius 1 is 1.48 bits per heavy atom. The normalized spacial score (nSPS) is 25.5. The summed E-state index contributed by atoms with van der Waals surface area (Å²) in [5.41, 5.74) is 1.81. The lowest BCUT2D eigenvalue weighted by Gasteiger charge is -2.35. The van der Waals surface area contributed by atoms with E-state index in [1.807, 2.05) is 12.1 Å². The fourth-order valence-electron chi connectivity index (χ4n) is 3.46. The van der Waals surface area contributed by atoms with Crippen molar-refractivity contribution in [3.63, 3.8) is 0 Å². The van der Waals surface area contributed by atoms with Crippen LogP contribution in [0.25, 0.3) is 0 Å². The molecule has 1 amide bonds. The predicted octanol–water partition coefficient (Wildman–Crippen LogP) is 2.88. The average Bonchev–Trinajstić information content (AvgIpc) is 2.54. The van der Waals surface area contributed by atoms with Crippen molar-refractivity contribution in [2.24, 2.45) is 5.92 Å². The largest absolute Gasteiger partial charge is 0.506 e. The molecular formula is C17H23NO3. The molecule has 1 saturated heterocycles. The standard InChI is InChI=1S/C17H23NO3/c1-2-14-11-13(8-10-21-14)17(20)18-9-4-6-12-5-3-7-15(19)16(12)18/h3,5,7,13-14,19H,2,4,6,8-11H2,1H3. The molecule has 0 spiro atoms. The number of phenolic OH excluding ortho intramolecular Hbond substituents is 1. The van der Waals surface area contributed by atoms with Gasteiger partial charge in [0.2, 0.25) is 5.91 Å². The molecule has 114 valence electrons. The van der Waals surface area contributed by atoms with Crippen LogP contribution >= 0.6 is 0 Å². The van der Waals surface area contributed by atoms with E-state index in [0.29, 0.717) is 13.2 Å². The first-order valence-electron chi connectivity index (χ1n) is 7.94. The fraction of sp³-hybridized carbons (Fsp3) is 0.588. The Bertz CT molecular complexity index is 529. The molecule has 2 aliphatic rings. The van der Waals surface area contributed by atoms with Crippen molar-refractivity contribution in [3.8, 4) is 5.75 Å². The molecule has 21 heavy (non-hydrogen) atoms. The van der Waals surface area contributed by atoms with Crippen molar-refractivity contribution in [2.45, 2.75) is 45.1 Å². The highest BCUT2D eigenvalue weighted by Crippen LogP contribution is 2.37. The van der Waals surface area contributed by atoms with Crippen molar-refractivity contribution < 1.29 is 14.6 Å². The number of ether oxygens (including phenoxy) is 1. The maximum absolute atomic E-state index is 12.9. The maximum atomic E-state index is 12.9. The summed E-state index contributed by atoms with van der Waals surface area (Å²) in [5.74, 6) is 0.396. The number of carbonyl (C=O) groups is 1. The van der Waals surface area contributed by atoms with Gasteiger partial charge in [0.15, 0.2) is 0 Å². The van der Waals surface area contributed by atoms with Crippen molar-refractivity contribution >= 4 is 11.6 Å². The van der Waals surface area contributed by atoms with Gasteiger partial charge in [-0.05, 0) is 43.7 Å². The van der Waals surface area contributed by atoms with E-state index >= 15 is 0 Å². The summed E-state index contributed by atoms with van der Waals surface area (Å²) in [4.78, 5) is 14.7. The predicted molar refractivity (Wildman–Crippen MR) is 81.5 cm³/mol. The van der Waals surface area contributed by atoms with Crippen LogP contribution in [0.3, 0.4) is 0 Å². The first-order chi connectivity index (χ1) is 10.2. The Labute approximate surface area is 125 Å². The number of hydrogen-bond acceptors (Lipinski definition) is 3. The minimum atomic E-state index is 0.0225. The van der Waals surface area contributed by atoms with Crippen LogP contribution in [0.1, 0.15) is 38.2 Å². The van der Waals surface area contributed by atoms with E-state index in [1.54, 1.807) is 11.0 Å². The number of aromatic hydroxyl groups is 1. The van der Waals surface area contributed by atoms with Crippen molar-refractivity contribution in [1.29, 1.82) is 0 Å². The van der Waals surface area contributed by atoms with Gasteiger partial charge < -0.3 is 14.7 Å². The molecule has 4 heteroatoms. The molecule has 0 aromatic heterocycles. The summed E-state index contributed by atoms with van der Waals surface area (Å²) in [6.07, 6.45) is 4.62. The molecule has 4 nitrogen and oxygen atoms in total. The molecule has 1 fully saturated rings. The number of hydrogen-bond donors (Lipinski definition) is 1.